The van der Waals surface area contributed by atoms with Gasteiger partial charge >= 0.3 is 6.03 Å². The lowest BCUT2D eigenvalue weighted by Gasteiger charge is -2.25. The lowest BCUT2D eigenvalue weighted by molar-refractivity contribution is -0.132. The van der Waals surface area contributed by atoms with Gasteiger partial charge in [0.1, 0.15) is 22.3 Å². The molecule has 0 aliphatic carbocycles. The van der Waals surface area contributed by atoms with Crippen molar-refractivity contribution >= 4 is 23.5 Å². The summed E-state index contributed by atoms with van der Waals surface area (Å²) < 4.78 is 14.8. The van der Waals surface area contributed by atoms with E-state index in [-0.39, 0.29) is 12.5 Å². The van der Waals surface area contributed by atoms with Crippen LogP contribution in [0.3, 0.4) is 0 Å². The van der Waals surface area contributed by atoms with Crippen LogP contribution in [-0.4, -0.2) is 26.4 Å². The summed E-state index contributed by atoms with van der Waals surface area (Å²) in [7, 11) is 1.70. The van der Waals surface area contributed by atoms with E-state index in [1.807, 2.05) is 0 Å². The quantitative estimate of drug-likeness (QED) is 0.862. The third-order valence-corrected chi connectivity index (χ3v) is 4.72. The molecule has 3 amide bonds. The summed E-state index contributed by atoms with van der Waals surface area (Å²) in [5.41, 5.74) is -0.648. The van der Waals surface area contributed by atoms with Gasteiger partial charge in [0.15, 0.2) is 0 Å². The first-order chi connectivity index (χ1) is 11.4. The molecule has 1 N–H and O–H groups in total. The second-order valence-electron chi connectivity index (χ2n) is 5.64. The Morgan fingerprint density at radius 3 is 2.50 bits per heavy atom. The summed E-state index contributed by atoms with van der Waals surface area (Å²) >= 11 is 5.94. The summed E-state index contributed by atoms with van der Waals surface area (Å²) in [4.78, 5) is 30.5. The first kappa shape index (κ1) is 16.4. The van der Waals surface area contributed by atoms with Crippen molar-refractivity contribution in [2.24, 2.45) is 7.05 Å². The number of urea groups is 1. The molecule has 1 aliphatic heterocycles. The fourth-order valence-electron chi connectivity index (χ4n) is 2.86. The zero-order chi connectivity index (χ0) is 17.5. The van der Waals surface area contributed by atoms with Gasteiger partial charge in [0.05, 0.1) is 12.7 Å². The normalized spacial score (nSPS) is 20.6. The van der Waals surface area contributed by atoms with Gasteiger partial charge in [-0.25, -0.2) is 14.2 Å². The molecule has 0 bridgehead atoms. The van der Waals surface area contributed by atoms with Gasteiger partial charge in [-0.3, -0.25) is 9.69 Å². The van der Waals surface area contributed by atoms with E-state index >= 15 is 0 Å². The Balaban J connectivity index is 1.94. The number of hydrogen-bond acceptors (Lipinski definition) is 3. The van der Waals surface area contributed by atoms with E-state index in [4.69, 9.17) is 11.6 Å². The van der Waals surface area contributed by atoms with Crippen LogP contribution in [0, 0.1) is 5.82 Å². The van der Waals surface area contributed by atoms with Crippen LogP contribution in [0.2, 0.25) is 5.15 Å². The van der Waals surface area contributed by atoms with E-state index < -0.39 is 17.4 Å². The van der Waals surface area contributed by atoms with E-state index in [9.17, 15) is 14.0 Å². The predicted molar refractivity (Wildman–Crippen MR) is 85.7 cm³/mol. The molecule has 24 heavy (non-hydrogen) atoms. The molecule has 1 atom stereocenters. The molecule has 0 radical (unpaired) electrons. The summed E-state index contributed by atoms with van der Waals surface area (Å²) in [6, 6.07) is 5.06. The smallest absolute Gasteiger partial charge is 0.321 e. The highest BCUT2D eigenvalue weighted by atomic mass is 35.5. The molecule has 1 saturated heterocycles. The summed E-state index contributed by atoms with van der Waals surface area (Å²) in [5.74, 6) is -0.295. The Morgan fingerprint density at radius 1 is 1.29 bits per heavy atom. The van der Waals surface area contributed by atoms with Crippen LogP contribution in [0.1, 0.15) is 24.7 Å². The monoisotopic (exact) mass is 350 g/mol. The van der Waals surface area contributed by atoms with E-state index in [1.54, 1.807) is 18.5 Å². The first-order valence-electron chi connectivity index (χ1n) is 7.45. The van der Waals surface area contributed by atoms with Crippen molar-refractivity contribution in [1.82, 2.24) is 19.8 Å². The highest BCUT2D eigenvalue weighted by Gasteiger charge is 2.51. The number of carbonyl (C=O) groups is 2. The highest BCUT2D eigenvalue weighted by molar-refractivity contribution is 6.29. The minimum Gasteiger partial charge on any atom is -0.321 e. The average molecular weight is 351 g/mol. The van der Waals surface area contributed by atoms with Gasteiger partial charge in [-0.1, -0.05) is 30.7 Å². The second kappa shape index (κ2) is 5.90. The fourth-order valence-corrected chi connectivity index (χ4v) is 3.00. The lowest BCUT2D eigenvalue weighted by Crippen LogP contribution is -2.43. The molecular weight excluding hydrogens is 335 g/mol. The van der Waals surface area contributed by atoms with Crippen LogP contribution in [0.25, 0.3) is 0 Å². The van der Waals surface area contributed by atoms with E-state index in [1.165, 1.54) is 30.5 Å². The summed E-state index contributed by atoms with van der Waals surface area (Å²) in [6.07, 6.45) is 1.81. The number of halogens is 2. The molecular formula is C16H16ClFN4O2. The minimum atomic E-state index is -1.19. The van der Waals surface area contributed by atoms with Gasteiger partial charge in [0.2, 0.25) is 0 Å². The minimum absolute atomic E-state index is 0.0107. The molecule has 1 unspecified atom stereocenters. The SMILES string of the molecule is CCC1(c2ccc(F)cc2)NC(=O)N(Cc2ncc(Cl)n2C)C1=O. The molecule has 1 fully saturated rings. The summed E-state index contributed by atoms with van der Waals surface area (Å²) in [6.45, 7) is 1.81. The Labute approximate surface area is 143 Å². The number of imidazole rings is 1. The fraction of sp³-hybridized carbons (Fsp3) is 0.312. The molecule has 6 nitrogen and oxygen atoms in total. The number of aromatic nitrogens is 2. The van der Waals surface area contributed by atoms with E-state index in [2.05, 4.69) is 10.3 Å². The van der Waals surface area contributed by atoms with Gasteiger partial charge in [-0.2, -0.15) is 0 Å². The Kier molecular flexibility index (Phi) is 4.04. The van der Waals surface area contributed by atoms with Crippen molar-refractivity contribution in [3.05, 3.63) is 52.8 Å². The average Bonchev–Trinajstić information content (AvgIpc) is 3.01. The summed E-state index contributed by atoms with van der Waals surface area (Å²) in [5, 5.41) is 3.16. The van der Waals surface area contributed by atoms with E-state index in [0.29, 0.717) is 23.0 Å². The van der Waals surface area contributed by atoms with Crippen LogP contribution in [-0.2, 0) is 23.9 Å². The van der Waals surface area contributed by atoms with Crippen LogP contribution in [0.5, 0.6) is 0 Å². The lowest BCUT2D eigenvalue weighted by atomic mass is 9.87. The number of imide groups is 1. The standard InChI is InChI=1S/C16H16ClFN4O2/c1-3-16(10-4-6-11(18)7-5-10)14(23)22(15(24)20-16)9-13-19-8-12(17)21(13)2/h4-8H,3,9H2,1-2H3,(H,20,24). The third kappa shape index (κ3) is 2.45. The van der Waals surface area contributed by atoms with Crippen LogP contribution >= 0.6 is 11.6 Å². The topological polar surface area (TPSA) is 67.2 Å². The van der Waals surface area contributed by atoms with Crippen LogP contribution in [0.15, 0.2) is 30.5 Å². The number of nitrogens with zero attached hydrogens (tertiary/aromatic N) is 3. The maximum absolute atomic E-state index is 13.2. The van der Waals surface area contributed by atoms with Gasteiger partial charge in [0.25, 0.3) is 5.91 Å². The number of rotatable bonds is 4. The Bertz CT molecular complexity index is 805. The van der Waals surface area contributed by atoms with Crippen LogP contribution < -0.4 is 5.32 Å². The maximum atomic E-state index is 13.2. The second-order valence-corrected chi connectivity index (χ2v) is 6.03. The molecule has 2 heterocycles. The molecule has 1 aromatic carbocycles. The number of nitrogens with one attached hydrogen (secondary N) is 1. The van der Waals surface area contributed by atoms with E-state index in [0.717, 1.165) is 4.90 Å². The molecule has 126 valence electrons. The first-order valence-corrected chi connectivity index (χ1v) is 7.83. The highest BCUT2D eigenvalue weighted by Crippen LogP contribution is 2.33. The van der Waals surface area contributed by atoms with Gasteiger partial charge < -0.3 is 9.88 Å². The predicted octanol–water partition coefficient (Wildman–Crippen LogP) is 2.57. The van der Waals surface area contributed by atoms with Crippen molar-refractivity contribution < 1.29 is 14.0 Å². The van der Waals surface area contributed by atoms with Crippen molar-refractivity contribution in [1.29, 1.82) is 0 Å². The van der Waals surface area contributed by atoms with Crippen molar-refractivity contribution in [2.75, 3.05) is 0 Å². The Hall–Kier alpha value is -2.41. The van der Waals surface area contributed by atoms with Crippen LogP contribution in [0.4, 0.5) is 9.18 Å². The molecule has 0 saturated carbocycles. The number of benzene rings is 1. The molecule has 8 heteroatoms. The Morgan fingerprint density at radius 2 is 1.96 bits per heavy atom. The maximum Gasteiger partial charge on any atom is 0.325 e. The molecule has 0 spiro atoms. The van der Waals surface area contributed by atoms with Crippen molar-refractivity contribution in [3.63, 3.8) is 0 Å². The molecule has 2 aromatic rings. The third-order valence-electron chi connectivity index (χ3n) is 4.37. The number of hydrogen-bond donors (Lipinski definition) is 1. The van der Waals surface area contributed by atoms with Gasteiger partial charge in [0, 0.05) is 7.05 Å². The number of carbonyl (C=O) groups excluding carboxylic acids is 2. The molecule has 3 rings (SSSR count). The van der Waals surface area contributed by atoms with Crippen molar-refractivity contribution in [3.8, 4) is 0 Å². The van der Waals surface area contributed by atoms with Crippen molar-refractivity contribution in [2.45, 2.75) is 25.4 Å². The van der Waals surface area contributed by atoms with Gasteiger partial charge in [-0.05, 0) is 24.1 Å². The largest absolute Gasteiger partial charge is 0.325 e. The zero-order valence-corrected chi connectivity index (χ0v) is 14.0. The number of amides is 3. The molecule has 1 aliphatic rings. The zero-order valence-electron chi connectivity index (χ0n) is 13.2. The molecule has 1 aromatic heterocycles. The van der Waals surface area contributed by atoms with Gasteiger partial charge in [-0.15, -0.1) is 0 Å².